The third-order valence-corrected chi connectivity index (χ3v) is 3.64. The number of hydrogen-bond donors (Lipinski definition) is 2. The summed E-state index contributed by atoms with van der Waals surface area (Å²) in [6.07, 6.45) is 3.63. The molecule has 1 aliphatic heterocycles. The minimum atomic E-state index is -0.508. The van der Waals surface area contributed by atoms with Crippen LogP contribution < -0.4 is 10.6 Å². The molecule has 16 heavy (non-hydrogen) atoms. The van der Waals surface area contributed by atoms with Gasteiger partial charge in [-0.15, -0.1) is 0 Å². The van der Waals surface area contributed by atoms with Crippen LogP contribution in [0.3, 0.4) is 0 Å². The summed E-state index contributed by atoms with van der Waals surface area (Å²) in [4.78, 5) is 23.0. The van der Waals surface area contributed by atoms with Crippen LogP contribution >= 0.6 is 0 Å². The molecule has 2 aliphatic rings. The van der Waals surface area contributed by atoms with E-state index < -0.39 is 5.54 Å². The van der Waals surface area contributed by atoms with Gasteiger partial charge in [0.25, 0.3) is 0 Å². The Kier molecular flexibility index (Phi) is 3.02. The van der Waals surface area contributed by atoms with Crippen LogP contribution in [0.2, 0.25) is 0 Å². The summed E-state index contributed by atoms with van der Waals surface area (Å²) >= 11 is 0. The van der Waals surface area contributed by atoms with Gasteiger partial charge >= 0.3 is 0 Å². The first kappa shape index (κ1) is 11.6. The third-order valence-electron chi connectivity index (χ3n) is 3.64. The summed E-state index contributed by atoms with van der Waals surface area (Å²) in [6.45, 7) is 4.26. The fourth-order valence-electron chi connectivity index (χ4n) is 2.85. The molecule has 0 aromatic heterocycles. The van der Waals surface area contributed by atoms with Crippen LogP contribution in [0.15, 0.2) is 0 Å². The zero-order valence-corrected chi connectivity index (χ0v) is 10.0. The molecule has 0 unspecified atom stereocenters. The highest BCUT2D eigenvalue weighted by Crippen LogP contribution is 2.33. The summed E-state index contributed by atoms with van der Waals surface area (Å²) in [5.41, 5.74) is -0.508. The van der Waals surface area contributed by atoms with E-state index in [0.29, 0.717) is 12.1 Å². The number of carbonyl (C=O) groups is 2. The molecule has 0 aromatic rings. The smallest absolute Gasteiger partial charge is 0.228 e. The van der Waals surface area contributed by atoms with E-state index in [9.17, 15) is 9.59 Å². The second-order valence-electron chi connectivity index (χ2n) is 5.33. The zero-order chi connectivity index (χ0) is 11.8. The van der Waals surface area contributed by atoms with Crippen molar-refractivity contribution in [3.63, 3.8) is 0 Å². The van der Waals surface area contributed by atoms with Gasteiger partial charge < -0.3 is 10.6 Å². The molecule has 1 saturated heterocycles. The highest BCUT2D eigenvalue weighted by molar-refractivity contribution is 6.10. The van der Waals surface area contributed by atoms with E-state index in [4.69, 9.17) is 0 Å². The third kappa shape index (κ3) is 2.12. The number of amides is 1. The van der Waals surface area contributed by atoms with Crippen LogP contribution in [0, 0.1) is 0 Å². The van der Waals surface area contributed by atoms with Crippen LogP contribution in [-0.4, -0.2) is 29.3 Å². The highest BCUT2D eigenvalue weighted by atomic mass is 16.2. The van der Waals surface area contributed by atoms with Crippen molar-refractivity contribution in [1.82, 2.24) is 10.6 Å². The van der Waals surface area contributed by atoms with Crippen molar-refractivity contribution in [2.24, 2.45) is 0 Å². The van der Waals surface area contributed by atoms with Crippen LogP contribution in [0.1, 0.15) is 46.0 Å². The normalized spacial score (nSPS) is 34.8. The molecular weight excluding hydrogens is 204 g/mol. The Labute approximate surface area is 96.2 Å². The maximum absolute atomic E-state index is 11.8. The van der Waals surface area contributed by atoms with Crippen molar-refractivity contribution in [2.45, 2.75) is 63.6 Å². The largest absolute Gasteiger partial charge is 0.343 e. The summed E-state index contributed by atoms with van der Waals surface area (Å²) in [5.74, 6) is 0.000709. The van der Waals surface area contributed by atoms with Gasteiger partial charge in [0.2, 0.25) is 5.91 Å². The van der Waals surface area contributed by atoms with Crippen molar-refractivity contribution in [1.29, 1.82) is 0 Å². The lowest BCUT2D eigenvalue weighted by Gasteiger charge is -2.36. The van der Waals surface area contributed by atoms with Gasteiger partial charge in [-0.05, 0) is 25.7 Å². The zero-order valence-electron chi connectivity index (χ0n) is 10.0. The average molecular weight is 224 g/mol. The van der Waals surface area contributed by atoms with Crippen molar-refractivity contribution >= 4 is 11.7 Å². The number of rotatable bonds is 2. The maximum Gasteiger partial charge on any atom is 0.228 e. The Hall–Kier alpha value is -0.900. The van der Waals surface area contributed by atoms with E-state index in [1.807, 2.05) is 0 Å². The molecular formula is C12H20N2O2. The quantitative estimate of drug-likeness (QED) is 0.681. The topological polar surface area (TPSA) is 58.2 Å². The molecule has 1 saturated carbocycles. The van der Waals surface area contributed by atoms with E-state index in [1.165, 1.54) is 0 Å². The molecule has 0 atom stereocenters. The van der Waals surface area contributed by atoms with Gasteiger partial charge in [0.1, 0.15) is 0 Å². The molecule has 1 spiro atoms. The Morgan fingerprint density at radius 1 is 1.31 bits per heavy atom. The summed E-state index contributed by atoms with van der Waals surface area (Å²) in [6, 6.07) is 0.976. The number of ketones is 1. The van der Waals surface area contributed by atoms with Crippen molar-refractivity contribution in [2.75, 3.05) is 0 Å². The lowest BCUT2D eigenvalue weighted by atomic mass is 9.77. The second kappa shape index (κ2) is 4.17. The number of Topliss-reactive ketones (excluding diaryl/α,β-unsaturated/α-hetero) is 1. The van der Waals surface area contributed by atoms with Gasteiger partial charge in [0.05, 0.1) is 12.0 Å². The van der Waals surface area contributed by atoms with E-state index >= 15 is 0 Å². The molecule has 2 N–H and O–H groups in total. The van der Waals surface area contributed by atoms with Gasteiger partial charge in [-0.3, -0.25) is 9.59 Å². The van der Waals surface area contributed by atoms with Crippen molar-refractivity contribution in [3.8, 4) is 0 Å². The average Bonchev–Trinajstić information content (AvgIpc) is 2.45. The number of nitrogens with one attached hydrogen (secondary N) is 2. The fourth-order valence-corrected chi connectivity index (χ4v) is 2.85. The monoisotopic (exact) mass is 224 g/mol. The minimum Gasteiger partial charge on any atom is -0.343 e. The van der Waals surface area contributed by atoms with Gasteiger partial charge in [-0.2, -0.15) is 0 Å². The summed E-state index contributed by atoms with van der Waals surface area (Å²) in [5, 5.41) is 6.37. The molecule has 2 rings (SSSR count). The maximum atomic E-state index is 11.8. The lowest BCUT2D eigenvalue weighted by molar-refractivity contribution is -0.124. The molecule has 1 heterocycles. The Morgan fingerprint density at radius 2 is 1.94 bits per heavy atom. The molecule has 4 nitrogen and oxygen atoms in total. The lowest BCUT2D eigenvalue weighted by Crippen LogP contribution is -2.52. The molecule has 0 aromatic carbocycles. The van der Waals surface area contributed by atoms with Gasteiger partial charge in [-0.1, -0.05) is 13.8 Å². The van der Waals surface area contributed by atoms with Crippen LogP contribution in [0.5, 0.6) is 0 Å². The summed E-state index contributed by atoms with van der Waals surface area (Å²) in [7, 11) is 0. The van der Waals surface area contributed by atoms with Gasteiger partial charge in [0.15, 0.2) is 5.78 Å². The molecule has 0 radical (unpaired) electrons. The molecule has 4 heteroatoms. The van der Waals surface area contributed by atoms with Gasteiger partial charge in [0, 0.05) is 12.1 Å². The first-order chi connectivity index (χ1) is 7.52. The van der Waals surface area contributed by atoms with E-state index in [-0.39, 0.29) is 18.1 Å². The van der Waals surface area contributed by atoms with Crippen molar-refractivity contribution in [3.05, 3.63) is 0 Å². The second-order valence-corrected chi connectivity index (χ2v) is 5.33. The standard InChI is InChI=1S/C12H20N2O2/c1-8(2)13-9-3-5-12(6-4-9)10(15)7-11(16)14-12/h8-9,13H,3-7H2,1-2H3,(H,14,16)/t9-,12+. The number of hydrogen-bond acceptors (Lipinski definition) is 3. The molecule has 0 bridgehead atoms. The first-order valence-corrected chi connectivity index (χ1v) is 6.12. The molecule has 2 fully saturated rings. The van der Waals surface area contributed by atoms with E-state index in [1.54, 1.807) is 0 Å². The van der Waals surface area contributed by atoms with Crippen LogP contribution in [0.4, 0.5) is 0 Å². The molecule has 1 amide bonds. The Bertz CT molecular complexity index is 304. The number of carbonyl (C=O) groups excluding carboxylic acids is 2. The molecule has 90 valence electrons. The minimum absolute atomic E-state index is 0.0856. The SMILES string of the molecule is CC(C)N[C@H]1CC[C@]2(CC1)NC(=O)CC2=O. The van der Waals surface area contributed by atoms with Crippen molar-refractivity contribution < 1.29 is 9.59 Å². The van der Waals surface area contributed by atoms with Crippen LogP contribution in [-0.2, 0) is 9.59 Å². The fraction of sp³-hybridized carbons (Fsp3) is 0.833. The Balaban J connectivity index is 1.94. The van der Waals surface area contributed by atoms with Crippen LogP contribution in [0.25, 0.3) is 0 Å². The summed E-state index contributed by atoms with van der Waals surface area (Å²) < 4.78 is 0. The van der Waals surface area contributed by atoms with E-state index in [0.717, 1.165) is 25.7 Å². The van der Waals surface area contributed by atoms with E-state index in [2.05, 4.69) is 24.5 Å². The first-order valence-electron chi connectivity index (χ1n) is 6.12. The predicted molar refractivity (Wildman–Crippen MR) is 61.0 cm³/mol. The predicted octanol–water partition coefficient (Wildman–Crippen LogP) is 0.755. The highest BCUT2D eigenvalue weighted by Gasteiger charge is 2.47. The van der Waals surface area contributed by atoms with Gasteiger partial charge in [-0.25, -0.2) is 0 Å². The Morgan fingerprint density at radius 3 is 2.38 bits per heavy atom. The molecule has 1 aliphatic carbocycles.